The summed E-state index contributed by atoms with van der Waals surface area (Å²) in [4.78, 5) is 16.5. The number of methoxy groups -OCH3 is 1. The van der Waals surface area contributed by atoms with Gasteiger partial charge < -0.3 is 25.4 Å². The molecular weight excluding hydrogens is 404 g/mol. The van der Waals surface area contributed by atoms with Crippen LogP contribution in [0, 0.1) is 12.3 Å². The Bertz CT molecular complexity index is 991. The SMILES string of the molecule is C#Cc1cccc(NC(=O)CNC(=NC)NCc2cccc(OC)c2OC2CCCC2)c1. The number of amides is 1. The Kier molecular flexibility index (Phi) is 8.38. The molecular formula is C25H30N4O3. The Hall–Kier alpha value is -3.66. The van der Waals surface area contributed by atoms with Crippen LogP contribution >= 0.6 is 0 Å². The van der Waals surface area contributed by atoms with Crippen LogP contribution in [0.5, 0.6) is 11.5 Å². The number of terminal acetylenes is 1. The molecule has 1 saturated carbocycles. The van der Waals surface area contributed by atoms with Gasteiger partial charge in [0.15, 0.2) is 17.5 Å². The molecule has 3 N–H and O–H groups in total. The van der Waals surface area contributed by atoms with Crippen LogP contribution in [0.2, 0.25) is 0 Å². The molecule has 0 aromatic heterocycles. The summed E-state index contributed by atoms with van der Waals surface area (Å²) < 4.78 is 11.8. The van der Waals surface area contributed by atoms with Crippen LogP contribution in [-0.2, 0) is 11.3 Å². The van der Waals surface area contributed by atoms with Crippen LogP contribution in [-0.4, -0.2) is 38.7 Å². The lowest BCUT2D eigenvalue weighted by molar-refractivity contribution is -0.115. The monoisotopic (exact) mass is 434 g/mol. The Balaban J connectivity index is 1.56. The van der Waals surface area contributed by atoms with Gasteiger partial charge in [0.1, 0.15) is 0 Å². The van der Waals surface area contributed by atoms with Crippen LogP contribution in [0.3, 0.4) is 0 Å². The van der Waals surface area contributed by atoms with E-state index in [9.17, 15) is 4.79 Å². The van der Waals surface area contributed by atoms with Crippen molar-refractivity contribution in [3.63, 3.8) is 0 Å². The molecule has 0 unspecified atom stereocenters. The third-order valence-corrected chi connectivity index (χ3v) is 5.27. The number of nitrogens with one attached hydrogen (secondary N) is 3. The van der Waals surface area contributed by atoms with Crippen molar-refractivity contribution >= 4 is 17.6 Å². The Morgan fingerprint density at radius 1 is 1.19 bits per heavy atom. The second-order valence-electron chi connectivity index (χ2n) is 7.53. The molecule has 7 heteroatoms. The highest BCUT2D eigenvalue weighted by Gasteiger charge is 2.20. The quantitative estimate of drug-likeness (QED) is 0.337. The van der Waals surface area contributed by atoms with Gasteiger partial charge in [-0.25, -0.2) is 0 Å². The molecule has 0 saturated heterocycles. The lowest BCUT2D eigenvalue weighted by Crippen LogP contribution is -2.41. The van der Waals surface area contributed by atoms with E-state index in [4.69, 9.17) is 15.9 Å². The number of rotatable bonds is 8. The number of hydrogen-bond donors (Lipinski definition) is 3. The van der Waals surface area contributed by atoms with Crippen molar-refractivity contribution in [1.82, 2.24) is 10.6 Å². The first-order valence-corrected chi connectivity index (χ1v) is 10.8. The third-order valence-electron chi connectivity index (χ3n) is 5.27. The molecule has 0 radical (unpaired) electrons. The number of para-hydroxylation sites is 1. The van der Waals surface area contributed by atoms with Crippen molar-refractivity contribution in [1.29, 1.82) is 0 Å². The standard InChI is InChI=1S/C25H30N4O3/c1-4-18-9-7-11-20(15-18)29-23(30)17-28-25(26-2)27-16-19-10-8-14-22(31-3)24(19)32-21-12-5-6-13-21/h1,7-11,14-15,21H,5-6,12-13,16-17H2,2-3H3,(H,29,30)(H2,26,27,28). The number of aliphatic imine (C=N–C) groups is 1. The van der Waals surface area contributed by atoms with E-state index < -0.39 is 0 Å². The van der Waals surface area contributed by atoms with E-state index >= 15 is 0 Å². The van der Waals surface area contributed by atoms with E-state index in [-0.39, 0.29) is 18.6 Å². The second-order valence-corrected chi connectivity index (χ2v) is 7.53. The third kappa shape index (κ3) is 6.42. The Labute approximate surface area is 189 Å². The van der Waals surface area contributed by atoms with Gasteiger partial charge >= 0.3 is 0 Å². The van der Waals surface area contributed by atoms with Gasteiger partial charge in [-0.15, -0.1) is 6.42 Å². The minimum Gasteiger partial charge on any atom is -0.493 e. The number of hydrogen-bond acceptors (Lipinski definition) is 4. The zero-order valence-electron chi connectivity index (χ0n) is 18.6. The maximum absolute atomic E-state index is 12.3. The van der Waals surface area contributed by atoms with E-state index in [0.717, 1.165) is 24.2 Å². The molecule has 32 heavy (non-hydrogen) atoms. The first kappa shape index (κ1) is 23.0. The summed E-state index contributed by atoms with van der Waals surface area (Å²) in [5.41, 5.74) is 2.33. The molecule has 1 aliphatic rings. The van der Waals surface area contributed by atoms with Crippen LogP contribution in [0.4, 0.5) is 5.69 Å². The first-order chi connectivity index (χ1) is 15.6. The van der Waals surface area contributed by atoms with Crippen molar-refractivity contribution in [2.75, 3.05) is 26.0 Å². The molecule has 2 aromatic rings. The highest BCUT2D eigenvalue weighted by molar-refractivity contribution is 5.95. The summed E-state index contributed by atoms with van der Waals surface area (Å²) in [6.07, 6.45) is 10.1. The zero-order chi connectivity index (χ0) is 22.8. The molecule has 1 amide bonds. The fraction of sp³-hybridized carbons (Fsp3) is 0.360. The maximum atomic E-state index is 12.3. The number of ether oxygens (including phenoxy) is 2. The summed E-state index contributed by atoms with van der Waals surface area (Å²) in [6.45, 7) is 0.536. The highest BCUT2D eigenvalue weighted by atomic mass is 16.5. The highest BCUT2D eigenvalue weighted by Crippen LogP contribution is 2.34. The van der Waals surface area contributed by atoms with Crippen LogP contribution in [0.15, 0.2) is 47.5 Å². The Morgan fingerprint density at radius 2 is 1.97 bits per heavy atom. The minimum absolute atomic E-state index is 0.0590. The van der Waals surface area contributed by atoms with Gasteiger partial charge in [-0.1, -0.05) is 24.1 Å². The molecule has 1 aliphatic carbocycles. The molecule has 0 bridgehead atoms. The van der Waals surface area contributed by atoms with E-state index in [2.05, 4.69) is 26.9 Å². The molecule has 0 atom stereocenters. The molecule has 0 heterocycles. The lowest BCUT2D eigenvalue weighted by atomic mass is 10.1. The van der Waals surface area contributed by atoms with E-state index in [1.807, 2.05) is 24.3 Å². The first-order valence-electron chi connectivity index (χ1n) is 10.8. The molecule has 2 aromatic carbocycles. The van der Waals surface area contributed by atoms with Gasteiger partial charge in [0.05, 0.1) is 19.8 Å². The molecule has 0 aliphatic heterocycles. The smallest absolute Gasteiger partial charge is 0.243 e. The van der Waals surface area contributed by atoms with Gasteiger partial charge in [0, 0.05) is 30.4 Å². The zero-order valence-corrected chi connectivity index (χ0v) is 18.6. The second kappa shape index (κ2) is 11.7. The van der Waals surface area contributed by atoms with Crippen molar-refractivity contribution < 1.29 is 14.3 Å². The van der Waals surface area contributed by atoms with Crippen molar-refractivity contribution in [3.8, 4) is 23.8 Å². The van der Waals surface area contributed by atoms with Gasteiger partial charge in [0.25, 0.3) is 0 Å². The molecule has 3 rings (SSSR count). The molecule has 0 spiro atoms. The average Bonchev–Trinajstić information content (AvgIpc) is 3.33. The van der Waals surface area contributed by atoms with E-state index in [1.165, 1.54) is 12.8 Å². The fourth-order valence-corrected chi connectivity index (χ4v) is 3.62. The summed E-state index contributed by atoms with van der Waals surface area (Å²) in [7, 11) is 3.30. The number of anilines is 1. The summed E-state index contributed by atoms with van der Waals surface area (Å²) >= 11 is 0. The summed E-state index contributed by atoms with van der Waals surface area (Å²) in [5.74, 6) is 4.33. The van der Waals surface area contributed by atoms with Gasteiger partial charge in [-0.3, -0.25) is 9.79 Å². The molecule has 1 fully saturated rings. The predicted octanol–water partition coefficient (Wildman–Crippen LogP) is 3.30. The van der Waals surface area contributed by atoms with E-state index in [0.29, 0.717) is 29.5 Å². The van der Waals surface area contributed by atoms with Crippen LogP contribution in [0.25, 0.3) is 0 Å². The van der Waals surface area contributed by atoms with Crippen molar-refractivity contribution in [3.05, 3.63) is 53.6 Å². The average molecular weight is 435 g/mol. The maximum Gasteiger partial charge on any atom is 0.243 e. The molecule has 7 nitrogen and oxygen atoms in total. The minimum atomic E-state index is -0.200. The fourth-order valence-electron chi connectivity index (χ4n) is 3.62. The van der Waals surface area contributed by atoms with Crippen LogP contribution < -0.4 is 25.4 Å². The number of carbonyl (C=O) groups is 1. The number of carbonyl (C=O) groups excluding carboxylic acids is 1. The van der Waals surface area contributed by atoms with E-state index in [1.54, 1.807) is 32.4 Å². The van der Waals surface area contributed by atoms with Crippen molar-refractivity contribution in [2.24, 2.45) is 4.99 Å². The predicted molar refractivity (Wildman–Crippen MR) is 127 cm³/mol. The normalized spacial score (nSPS) is 13.8. The van der Waals surface area contributed by atoms with Gasteiger partial charge in [0.2, 0.25) is 5.91 Å². The number of nitrogens with zero attached hydrogens (tertiary/aromatic N) is 1. The lowest BCUT2D eigenvalue weighted by Gasteiger charge is -2.20. The van der Waals surface area contributed by atoms with Crippen LogP contribution in [0.1, 0.15) is 36.8 Å². The topological polar surface area (TPSA) is 84.0 Å². The van der Waals surface area contributed by atoms with Crippen molar-refractivity contribution in [2.45, 2.75) is 38.3 Å². The van der Waals surface area contributed by atoms with Gasteiger partial charge in [-0.2, -0.15) is 0 Å². The summed E-state index contributed by atoms with van der Waals surface area (Å²) in [6, 6.07) is 13.0. The number of benzene rings is 2. The summed E-state index contributed by atoms with van der Waals surface area (Å²) in [5, 5.41) is 9.08. The van der Waals surface area contributed by atoms with Gasteiger partial charge in [-0.05, 0) is 49.9 Å². The number of guanidine groups is 1. The largest absolute Gasteiger partial charge is 0.493 e. The Morgan fingerprint density at radius 3 is 2.69 bits per heavy atom. The molecule has 168 valence electrons.